The van der Waals surface area contributed by atoms with Crippen LogP contribution >= 0.6 is 35.0 Å². The maximum atomic E-state index is 10.9. The monoisotopic (exact) mass is 224 g/mol. The summed E-state index contributed by atoms with van der Waals surface area (Å²) in [5.74, 6) is 1.20. The summed E-state index contributed by atoms with van der Waals surface area (Å²) in [6.45, 7) is 0. The highest BCUT2D eigenvalue weighted by molar-refractivity contribution is 7.99. The summed E-state index contributed by atoms with van der Waals surface area (Å²) in [7, 11) is 0. The van der Waals surface area contributed by atoms with E-state index in [1.807, 2.05) is 0 Å². The fourth-order valence-corrected chi connectivity index (χ4v) is 1.72. The number of halogens is 2. The number of H-pyrrole nitrogens is 1. The van der Waals surface area contributed by atoms with Gasteiger partial charge in [0.15, 0.2) is 0 Å². The van der Waals surface area contributed by atoms with E-state index < -0.39 is 0 Å². The molecule has 0 bridgehead atoms. The second-order valence-electron chi connectivity index (χ2n) is 1.89. The minimum Gasteiger partial charge on any atom is -0.312 e. The number of nitrogens with one attached hydrogen (secondary N) is 1. The molecule has 0 saturated heterocycles. The van der Waals surface area contributed by atoms with Crippen LogP contribution in [0.25, 0.3) is 0 Å². The summed E-state index contributed by atoms with van der Waals surface area (Å²) in [6, 6.07) is 0. The lowest BCUT2D eigenvalue weighted by molar-refractivity contribution is 1.01. The Kier molecular flexibility index (Phi) is 3.91. The second kappa shape index (κ2) is 4.74. The maximum absolute atomic E-state index is 10.9. The first kappa shape index (κ1) is 9.89. The van der Waals surface area contributed by atoms with Crippen LogP contribution in [0.1, 0.15) is 0 Å². The summed E-state index contributed by atoms with van der Waals surface area (Å²) in [6.07, 6.45) is 1.32. The van der Waals surface area contributed by atoms with Crippen LogP contribution in [0, 0.1) is 0 Å². The minimum atomic E-state index is -0.316. The molecule has 0 aliphatic heterocycles. The van der Waals surface area contributed by atoms with Crippen molar-refractivity contribution in [2.75, 3.05) is 11.6 Å². The summed E-state index contributed by atoms with van der Waals surface area (Å²) in [4.78, 5) is 17.2. The van der Waals surface area contributed by atoms with Crippen LogP contribution in [-0.4, -0.2) is 21.6 Å². The van der Waals surface area contributed by atoms with Crippen molar-refractivity contribution in [2.24, 2.45) is 0 Å². The molecule has 0 unspecified atom stereocenters. The number of rotatable bonds is 3. The van der Waals surface area contributed by atoms with Gasteiger partial charge >= 0.3 is 0 Å². The molecule has 0 aliphatic rings. The lowest BCUT2D eigenvalue weighted by Gasteiger charge is -1.98. The van der Waals surface area contributed by atoms with Crippen molar-refractivity contribution in [3.05, 3.63) is 21.7 Å². The number of hydrogen-bond acceptors (Lipinski definition) is 3. The molecule has 0 saturated carbocycles. The summed E-state index contributed by atoms with van der Waals surface area (Å²) < 4.78 is 0. The van der Waals surface area contributed by atoms with Gasteiger partial charge in [-0.05, 0) is 0 Å². The van der Waals surface area contributed by atoms with Gasteiger partial charge in [0.05, 0.1) is 6.33 Å². The number of hydrogen-bond donors (Lipinski definition) is 1. The van der Waals surface area contributed by atoms with Crippen molar-refractivity contribution in [2.45, 2.75) is 5.03 Å². The molecular formula is C6H6Cl2N2OS. The average molecular weight is 225 g/mol. The van der Waals surface area contributed by atoms with Crippen LogP contribution < -0.4 is 5.56 Å². The molecule has 66 valence electrons. The van der Waals surface area contributed by atoms with E-state index >= 15 is 0 Å². The SMILES string of the molecule is O=c1[nH]cnc(SCCCl)c1Cl. The van der Waals surface area contributed by atoms with Gasteiger partial charge in [0.2, 0.25) is 0 Å². The summed E-state index contributed by atoms with van der Waals surface area (Å²) >= 11 is 12.5. The number of alkyl halides is 1. The molecule has 0 spiro atoms. The Labute approximate surface area is 83.5 Å². The number of aromatic amines is 1. The topological polar surface area (TPSA) is 45.8 Å². The minimum absolute atomic E-state index is 0.132. The van der Waals surface area contributed by atoms with E-state index in [1.54, 1.807) is 0 Å². The predicted octanol–water partition coefficient (Wildman–Crippen LogP) is 1.75. The first-order chi connectivity index (χ1) is 5.75. The van der Waals surface area contributed by atoms with Crippen LogP contribution in [0.4, 0.5) is 0 Å². The molecule has 6 heteroatoms. The van der Waals surface area contributed by atoms with Gasteiger partial charge in [-0.2, -0.15) is 0 Å². The van der Waals surface area contributed by atoms with E-state index in [0.717, 1.165) is 0 Å². The Hall–Kier alpha value is -0.190. The van der Waals surface area contributed by atoms with E-state index in [-0.39, 0.29) is 10.6 Å². The standard InChI is InChI=1S/C6H6Cl2N2OS/c7-1-2-12-6-4(8)5(11)9-3-10-6/h3H,1-2H2,(H,9,10,11). The van der Waals surface area contributed by atoms with Gasteiger partial charge in [-0.15, -0.1) is 23.4 Å². The second-order valence-corrected chi connectivity index (χ2v) is 3.73. The molecule has 0 atom stereocenters. The zero-order valence-electron chi connectivity index (χ0n) is 6.01. The Balaban J connectivity index is 2.85. The Morgan fingerprint density at radius 1 is 1.67 bits per heavy atom. The highest BCUT2D eigenvalue weighted by atomic mass is 35.5. The molecule has 1 N–H and O–H groups in total. The van der Waals surface area contributed by atoms with Gasteiger partial charge < -0.3 is 4.98 Å². The zero-order chi connectivity index (χ0) is 8.97. The van der Waals surface area contributed by atoms with Crippen molar-refractivity contribution in [3.63, 3.8) is 0 Å². The molecular weight excluding hydrogens is 219 g/mol. The molecule has 1 rings (SSSR count). The van der Waals surface area contributed by atoms with Crippen molar-refractivity contribution in [1.29, 1.82) is 0 Å². The van der Waals surface area contributed by atoms with Gasteiger partial charge in [0.25, 0.3) is 5.56 Å². The largest absolute Gasteiger partial charge is 0.312 e. The fraction of sp³-hybridized carbons (Fsp3) is 0.333. The molecule has 0 aromatic carbocycles. The van der Waals surface area contributed by atoms with Crippen LogP contribution in [-0.2, 0) is 0 Å². The van der Waals surface area contributed by atoms with Crippen LogP contribution in [0.15, 0.2) is 16.1 Å². The highest BCUT2D eigenvalue weighted by Crippen LogP contribution is 2.20. The molecule has 12 heavy (non-hydrogen) atoms. The lowest BCUT2D eigenvalue weighted by Crippen LogP contribution is -2.07. The van der Waals surface area contributed by atoms with E-state index in [0.29, 0.717) is 16.7 Å². The highest BCUT2D eigenvalue weighted by Gasteiger charge is 2.04. The smallest absolute Gasteiger partial charge is 0.270 e. The van der Waals surface area contributed by atoms with Gasteiger partial charge in [-0.3, -0.25) is 4.79 Å². The number of thioether (sulfide) groups is 1. The zero-order valence-corrected chi connectivity index (χ0v) is 8.34. The van der Waals surface area contributed by atoms with Crippen LogP contribution in [0.5, 0.6) is 0 Å². The molecule has 0 aliphatic carbocycles. The number of aromatic nitrogens is 2. The van der Waals surface area contributed by atoms with Crippen molar-refractivity contribution in [3.8, 4) is 0 Å². The van der Waals surface area contributed by atoms with E-state index in [2.05, 4.69) is 9.97 Å². The average Bonchev–Trinajstić information content (AvgIpc) is 2.08. The molecule has 3 nitrogen and oxygen atoms in total. The molecule has 1 heterocycles. The van der Waals surface area contributed by atoms with Gasteiger partial charge in [0, 0.05) is 11.6 Å². The Morgan fingerprint density at radius 2 is 2.42 bits per heavy atom. The third-order valence-corrected chi connectivity index (χ3v) is 2.95. The van der Waals surface area contributed by atoms with Crippen molar-refractivity contribution < 1.29 is 0 Å². The van der Waals surface area contributed by atoms with Crippen molar-refractivity contribution in [1.82, 2.24) is 9.97 Å². The first-order valence-electron chi connectivity index (χ1n) is 3.17. The Bertz CT molecular complexity index is 315. The summed E-state index contributed by atoms with van der Waals surface area (Å²) in [5, 5.41) is 0.661. The molecule has 0 radical (unpaired) electrons. The van der Waals surface area contributed by atoms with Gasteiger partial charge in [-0.1, -0.05) is 11.6 Å². The molecule has 0 fully saturated rings. The normalized spacial score (nSPS) is 10.2. The summed E-state index contributed by atoms with van der Waals surface area (Å²) in [5.41, 5.74) is -0.316. The first-order valence-corrected chi connectivity index (χ1v) is 5.07. The van der Waals surface area contributed by atoms with E-state index in [9.17, 15) is 4.79 Å². The lowest BCUT2D eigenvalue weighted by atomic mass is 10.7. The predicted molar refractivity (Wildman–Crippen MR) is 51.3 cm³/mol. The van der Waals surface area contributed by atoms with E-state index in [1.165, 1.54) is 18.1 Å². The molecule has 0 amide bonds. The quantitative estimate of drug-likeness (QED) is 0.484. The fourth-order valence-electron chi connectivity index (χ4n) is 0.603. The Morgan fingerprint density at radius 3 is 3.08 bits per heavy atom. The van der Waals surface area contributed by atoms with Crippen molar-refractivity contribution >= 4 is 35.0 Å². The van der Waals surface area contributed by atoms with Crippen LogP contribution in [0.2, 0.25) is 5.02 Å². The van der Waals surface area contributed by atoms with E-state index in [4.69, 9.17) is 23.2 Å². The van der Waals surface area contributed by atoms with Crippen LogP contribution in [0.3, 0.4) is 0 Å². The number of nitrogens with zero attached hydrogens (tertiary/aromatic N) is 1. The maximum Gasteiger partial charge on any atom is 0.270 e. The van der Waals surface area contributed by atoms with Gasteiger partial charge in [-0.25, -0.2) is 4.98 Å². The molecule has 1 aromatic heterocycles. The molecule has 1 aromatic rings. The third-order valence-electron chi connectivity index (χ3n) is 1.08. The van der Waals surface area contributed by atoms with Gasteiger partial charge in [0.1, 0.15) is 10.0 Å². The third kappa shape index (κ3) is 2.40.